The Bertz CT molecular complexity index is 503. The zero-order chi connectivity index (χ0) is 15.6. The molecule has 3 unspecified atom stereocenters. The van der Waals surface area contributed by atoms with Crippen LogP contribution in [0, 0.1) is 5.92 Å². The molecule has 1 amide bonds. The predicted octanol–water partition coefficient (Wildman–Crippen LogP) is 3.42. The number of amides is 1. The lowest BCUT2D eigenvalue weighted by Crippen LogP contribution is -2.46. The van der Waals surface area contributed by atoms with Crippen LogP contribution in [-0.4, -0.2) is 24.5 Å². The van der Waals surface area contributed by atoms with Crippen molar-refractivity contribution in [1.29, 1.82) is 0 Å². The molecule has 1 heterocycles. The standard InChI is InChI=1S/C19H28N2O.ClH/c1-19(2,15-9-4-3-5-10-15)13-20-18(22)17-12-14-8-6-7-11-16(14)21-17;/h3-5,9-10,14,16-17,21H,6-8,11-13H2,1-2H3,(H,20,22);1H. The Hall–Kier alpha value is -1.06. The molecule has 1 saturated heterocycles. The third kappa shape index (κ3) is 4.27. The fraction of sp³-hybridized carbons (Fsp3) is 0.632. The van der Waals surface area contributed by atoms with Crippen molar-refractivity contribution in [3.63, 3.8) is 0 Å². The summed E-state index contributed by atoms with van der Waals surface area (Å²) < 4.78 is 0. The number of nitrogens with one attached hydrogen (secondary N) is 2. The summed E-state index contributed by atoms with van der Waals surface area (Å²) in [7, 11) is 0. The Kier molecular flexibility index (Phi) is 6.10. The monoisotopic (exact) mass is 336 g/mol. The predicted molar refractivity (Wildman–Crippen MR) is 97.0 cm³/mol. The summed E-state index contributed by atoms with van der Waals surface area (Å²) in [6.45, 7) is 5.05. The van der Waals surface area contributed by atoms with E-state index in [1.807, 2.05) is 6.07 Å². The number of carbonyl (C=O) groups is 1. The van der Waals surface area contributed by atoms with E-state index < -0.39 is 0 Å². The van der Waals surface area contributed by atoms with Crippen LogP contribution in [0.5, 0.6) is 0 Å². The Balaban J connectivity index is 0.00000192. The summed E-state index contributed by atoms with van der Waals surface area (Å²) in [4.78, 5) is 12.5. The van der Waals surface area contributed by atoms with Crippen molar-refractivity contribution in [2.75, 3.05) is 6.54 Å². The normalized spacial score (nSPS) is 27.0. The molecule has 0 bridgehead atoms. The Morgan fingerprint density at radius 1 is 1.22 bits per heavy atom. The molecular weight excluding hydrogens is 308 g/mol. The lowest BCUT2D eigenvalue weighted by Gasteiger charge is -2.26. The van der Waals surface area contributed by atoms with E-state index in [0.717, 1.165) is 6.42 Å². The molecule has 0 spiro atoms. The quantitative estimate of drug-likeness (QED) is 0.884. The fourth-order valence-corrected chi connectivity index (χ4v) is 3.94. The van der Waals surface area contributed by atoms with Crippen molar-refractivity contribution in [2.45, 2.75) is 63.5 Å². The van der Waals surface area contributed by atoms with Crippen LogP contribution in [0.3, 0.4) is 0 Å². The third-order valence-corrected chi connectivity index (χ3v) is 5.44. The van der Waals surface area contributed by atoms with Crippen LogP contribution in [0.15, 0.2) is 30.3 Å². The van der Waals surface area contributed by atoms with Crippen LogP contribution >= 0.6 is 12.4 Å². The first-order valence-corrected chi connectivity index (χ1v) is 8.65. The summed E-state index contributed by atoms with van der Waals surface area (Å²) in [5, 5.41) is 6.73. The summed E-state index contributed by atoms with van der Waals surface area (Å²) in [6, 6.07) is 11.0. The SMILES string of the molecule is CC(C)(CNC(=O)C1CC2CCCCC2N1)c1ccccc1.Cl. The molecule has 0 aromatic heterocycles. The number of fused-ring (bicyclic) bond motifs is 1. The zero-order valence-electron chi connectivity index (χ0n) is 14.2. The first-order chi connectivity index (χ1) is 10.6. The van der Waals surface area contributed by atoms with E-state index in [1.165, 1.54) is 31.2 Å². The molecule has 2 N–H and O–H groups in total. The molecule has 1 aliphatic carbocycles. The van der Waals surface area contributed by atoms with Crippen molar-refractivity contribution in [3.8, 4) is 0 Å². The van der Waals surface area contributed by atoms with E-state index in [1.54, 1.807) is 0 Å². The van der Waals surface area contributed by atoms with Crippen molar-refractivity contribution >= 4 is 18.3 Å². The second-order valence-electron chi connectivity index (χ2n) is 7.57. The van der Waals surface area contributed by atoms with Gasteiger partial charge >= 0.3 is 0 Å². The first kappa shape index (κ1) is 18.3. The molecule has 3 nitrogen and oxygen atoms in total. The van der Waals surface area contributed by atoms with E-state index in [9.17, 15) is 4.79 Å². The Morgan fingerprint density at radius 2 is 1.91 bits per heavy atom. The third-order valence-electron chi connectivity index (χ3n) is 5.44. The summed E-state index contributed by atoms with van der Waals surface area (Å²) in [5.74, 6) is 0.894. The number of hydrogen-bond acceptors (Lipinski definition) is 2. The molecule has 1 aliphatic heterocycles. The van der Waals surface area contributed by atoms with Gasteiger partial charge in [0, 0.05) is 18.0 Å². The van der Waals surface area contributed by atoms with Gasteiger partial charge in [-0.2, -0.15) is 0 Å². The number of carbonyl (C=O) groups excluding carboxylic acids is 1. The number of hydrogen-bond donors (Lipinski definition) is 2. The van der Waals surface area contributed by atoms with Crippen LogP contribution in [0.4, 0.5) is 0 Å². The summed E-state index contributed by atoms with van der Waals surface area (Å²) in [5.41, 5.74) is 1.23. The van der Waals surface area contributed by atoms with Gasteiger partial charge in [0.1, 0.15) is 0 Å². The second kappa shape index (κ2) is 7.67. The Labute approximate surface area is 146 Å². The minimum Gasteiger partial charge on any atom is -0.354 e. The highest BCUT2D eigenvalue weighted by molar-refractivity contribution is 5.85. The van der Waals surface area contributed by atoms with Gasteiger partial charge < -0.3 is 10.6 Å². The maximum Gasteiger partial charge on any atom is 0.237 e. The molecule has 1 aromatic rings. The largest absolute Gasteiger partial charge is 0.354 e. The number of benzene rings is 1. The molecule has 0 radical (unpaired) electrons. The van der Waals surface area contributed by atoms with Crippen molar-refractivity contribution in [3.05, 3.63) is 35.9 Å². The van der Waals surface area contributed by atoms with Gasteiger partial charge in [0.05, 0.1) is 6.04 Å². The molecule has 1 saturated carbocycles. The number of rotatable bonds is 4. The molecule has 3 rings (SSSR count). The molecule has 23 heavy (non-hydrogen) atoms. The van der Waals surface area contributed by atoms with Crippen molar-refractivity contribution in [1.82, 2.24) is 10.6 Å². The average Bonchev–Trinajstić information content (AvgIpc) is 2.98. The van der Waals surface area contributed by atoms with E-state index >= 15 is 0 Å². The minimum absolute atomic E-state index is 0. The molecule has 2 fully saturated rings. The van der Waals surface area contributed by atoms with Gasteiger partial charge in [0.15, 0.2) is 0 Å². The molecule has 2 aliphatic rings. The molecule has 128 valence electrons. The van der Waals surface area contributed by atoms with Crippen LogP contribution in [0.25, 0.3) is 0 Å². The second-order valence-corrected chi connectivity index (χ2v) is 7.57. The highest BCUT2D eigenvalue weighted by Gasteiger charge is 2.38. The first-order valence-electron chi connectivity index (χ1n) is 8.65. The van der Waals surface area contributed by atoms with Gasteiger partial charge in [0.25, 0.3) is 0 Å². The molecule has 3 atom stereocenters. The van der Waals surface area contributed by atoms with Crippen LogP contribution in [-0.2, 0) is 10.2 Å². The van der Waals surface area contributed by atoms with Gasteiger partial charge in [0.2, 0.25) is 5.91 Å². The van der Waals surface area contributed by atoms with Crippen molar-refractivity contribution < 1.29 is 4.79 Å². The van der Waals surface area contributed by atoms with E-state index in [-0.39, 0.29) is 29.8 Å². The van der Waals surface area contributed by atoms with Gasteiger partial charge in [-0.3, -0.25) is 4.79 Å². The van der Waals surface area contributed by atoms with E-state index in [4.69, 9.17) is 0 Å². The van der Waals surface area contributed by atoms with Crippen LogP contribution < -0.4 is 10.6 Å². The van der Waals surface area contributed by atoms with Gasteiger partial charge in [-0.05, 0) is 30.7 Å². The molecule has 4 heteroatoms. The van der Waals surface area contributed by atoms with Gasteiger partial charge in [-0.1, -0.05) is 57.0 Å². The van der Waals surface area contributed by atoms with Crippen LogP contribution in [0.1, 0.15) is 51.5 Å². The van der Waals surface area contributed by atoms with E-state index in [2.05, 4.69) is 48.7 Å². The maximum atomic E-state index is 12.5. The van der Waals surface area contributed by atoms with Gasteiger partial charge in [-0.15, -0.1) is 12.4 Å². The smallest absolute Gasteiger partial charge is 0.237 e. The average molecular weight is 337 g/mol. The minimum atomic E-state index is -0.0394. The lowest BCUT2D eigenvalue weighted by molar-refractivity contribution is -0.123. The summed E-state index contributed by atoms with van der Waals surface area (Å²) in [6.07, 6.45) is 6.19. The molecular formula is C19H29ClN2O. The fourth-order valence-electron chi connectivity index (χ4n) is 3.94. The van der Waals surface area contributed by atoms with E-state index in [0.29, 0.717) is 18.5 Å². The topological polar surface area (TPSA) is 41.1 Å². The maximum absolute atomic E-state index is 12.5. The Morgan fingerprint density at radius 3 is 2.61 bits per heavy atom. The summed E-state index contributed by atoms with van der Waals surface area (Å²) >= 11 is 0. The number of halogens is 1. The lowest BCUT2D eigenvalue weighted by atomic mass is 9.84. The highest BCUT2D eigenvalue weighted by Crippen LogP contribution is 2.33. The van der Waals surface area contributed by atoms with Crippen molar-refractivity contribution in [2.24, 2.45) is 5.92 Å². The van der Waals surface area contributed by atoms with Crippen LogP contribution in [0.2, 0.25) is 0 Å². The van der Waals surface area contributed by atoms with Gasteiger partial charge in [-0.25, -0.2) is 0 Å². The molecule has 1 aromatic carbocycles. The highest BCUT2D eigenvalue weighted by atomic mass is 35.5. The zero-order valence-corrected chi connectivity index (χ0v) is 15.0.